The highest BCUT2D eigenvalue weighted by Crippen LogP contribution is 2.18. The number of H-pyrrole nitrogens is 1. The number of aromatic amines is 1. The highest BCUT2D eigenvalue weighted by atomic mass is 19.4. The largest absolute Gasteiger partial charge is 0.406 e. The van der Waals surface area contributed by atoms with Gasteiger partial charge in [-0.1, -0.05) is 19.4 Å². The van der Waals surface area contributed by atoms with Gasteiger partial charge in [-0.2, -0.15) is 13.2 Å². The fraction of sp³-hybridized carbons (Fsp3) is 0.500. The third-order valence-electron chi connectivity index (χ3n) is 2.44. The topological polar surface area (TPSA) is 53.2 Å². The fourth-order valence-electron chi connectivity index (χ4n) is 1.56. The molecule has 0 unspecified atom stereocenters. The Morgan fingerprint density at radius 1 is 1.37 bits per heavy atom. The van der Waals surface area contributed by atoms with E-state index in [2.05, 4.69) is 4.98 Å². The zero-order valence-corrected chi connectivity index (χ0v) is 10.5. The molecule has 1 aromatic rings. The van der Waals surface area contributed by atoms with Crippen molar-refractivity contribution in [3.8, 4) is 0 Å². The van der Waals surface area contributed by atoms with Gasteiger partial charge in [-0.3, -0.25) is 9.59 Å². The van der Waals surface area contributed by atoms with Crippen molar-refractivity contribution in [1.82, 2.24) is 9.88 Å². The van der Waals surface area contributed by atoms with Crippen LogP contribution in [0.3, 0.4) is 0 Å². The van der Waals surface area contributed by atoms with Gasteiger partial charge >= 0.3 is 6.18 Å². The quantitative estimate of drug-likeness (QED) is 0.896. The third-order valence-corrected chi connectivity index (χ3v) is 2.44. The summed E-state index contributed by atoms with van der Waals surface area (Å²) in [6.45, 7) is 0.509. The molecule has 0 aliphatic heterocycles. The third kappa shape index (κ3) is 5.15. The van der Waals surface area contributed by atoms with Crippen molar-refractivity contribution in [3.05, 3.63) is 34.2 Å². The van der Waals surface area contributed by atoms with Crippen LogP contribution in [0.1, 0.15) is 30.3 Å². The van der Waals surface area contributed by atoms with Gasteiger partial charge in [0.15, 0.2) is 0 Å². The van der Waals surface area contributed by atoms with Crippen molar-refractivity contribution in [2.75, 3.05) is 13.1 Å². The summed E-state index contributed by atoms with van der Waals surface area (Å²) in [6, 6.07) is 3.81. The average Bonchev–Trinajstić information content (AvgIpc) is 2.32. The normalized spacial score (nSPS) is 11.4. The van der Waals surface area contributed by atoms with Gasteiger partial charge < -0.3 is 9.88 Å². The van der Waals surface area contributed by atoms with E-state index in [1.54, 1.807) is 0 Å². The van der Waals surface area contributed by atoms with Crippen molar-refractivity contribution in [2.24, 2.45) is 0 Å². The fourth-order valence-corrected chi connectivity index (χ4v) is 1.56. The molecule has 1 rings (SSSR count). The smallest absolute Gasteiger partial charge is 0.328 e. The zero-order valence-electron chi connectivity index (χ0n) is 10.5. The molecular weight excluding hydrogens is 261 g/mol. The van der Waals surface area contributed by atoms with Gasteiger partial charge in [0.05, 0.1) is 0 Å². The second-order valence-corrected chi connectivity index (χ2v) is 4.12. The number of aromatic nitrogens is 1. The van der Waals surface area contributed by atoms with Crippen LogP contribution < -0.4 is 5.56 Å². The Hall–Kier alpha value is -1.79. The molecule has 0 saturated heterocycles. The van der Waals surface area contributed by atoms with Crippen LogP contribution in [-0.4, -0.2) is 35.1 Å². The Labute approximate surface area is 108 Å². The minimum atomic E-state index is -4.46. The molecule has 0 fully saturated rings. The maximum atomic E-state index is 12.4. The average molecular weight is 276 g/mol. The number of amides is 1. The van der Waals surface area contributed by atoms with Gasteiger partial charge in [0.1, 0.15) is 12.2 Å². The lowest BCUT2D eigenvalue weighted by molar-refractivity contribution is -0.140. The molecule has 106 valence electrons. The summed E-state index contributed by atoms with van der Waals surface area (Å²) in [5, 5.41) is 0. The second-order valence-electron chi connectivity index (χ2n) is 4.12. The summed E-state index contributed by atoms with van der Waals surface area (Å²) in [6.07, 6.45) is -3.32. The van der Waals surface area contributed by atoms with Crippen LogP contribution in [0.2, 0.25) is 0 Å². The van der Waals surface area contributed by atoms with E-state index in [4.69, 9.17) is 0 Å². The van der Waals surface area contributed by atoms with Crippen LogP contribution in [0.5, 0.6) is 0 Å². The SMILES string of the molecule is CCCCN(CC(F)(F)F)C(=O)c1cccc(=O)[nH]1. The summed E-state index contributed by atoms with van der Waals surface area (Å²) in [7, 11) is 0. The minimum absolute atomic E-state index is 0.00572. The number of halogens is 3. The molecule has 0 aliphatic carbocycles. The van der Waals surface area contributed by atoms with E-state index in [0.717, 1.165) is 0 Å². The maximum absolute atomic E-state index is 12.4. The molecule has 1 amide bonds. The molecule has 0 saturated carbocycles. The number of hydrogen-bond donors (Lipinski definition) is 1. The van der Waals surface area contributed by atoms with Gasteiger partial charge in [0.25, 0.3) is 5.91 Å². The Morgan fingerprint density at radius 2 is 2.05 bits per heavy atom. The minimum Gasteiger partial charge on any atom is -0.328 e. The van der Waals surface area contributed by atoms with Crippen LogP contribution >= 0.6 is 0 Å². The molecule has 0 spiro atoms. The second kappa shape index (κ2) is 6.40. The number of pyridine rings is 1. The number of carbonyl (C=O) groups is 1. The van der Waals surface area contributed by atoms with E-state index in [1.807, 2.05) is 6.92 Å². The summed E-state index contributed by atoms with van der Waals surface area (Å²) < 4.78 is 37.3. The highest BCUT2D eigenvalue weighted by molar-refractivity contribution is 5.92. The predicted molar refractivity (Wildman–Crippen MR) is 63.9 cm³/mol. The molecule has 0 bridgehead atoms. The van der Waals surface area contributed by atoms with Crippen LogP contribution in [-0.2, 0) is 0 Å². The summed E-state index contributed by atoms with van der Waals surface area (Å²) in [5.74, 6) is -0.816. The Kier molecular flexibility index (Phi) is 5.14. The van der Waals surface area contributed by atoms with Crippen molar-refractivity contribution in [2.45, 2.75) is 25.9 Å². The van der Waals surface area contributed by atoms with E-state index in [0.29, 0.717) is 17.7 Å². The lowest BCUT2D eigenvalue weighted by Gasteiger charge is -2.23. The number of rotatable bonds is 5. The van der Waals surface area contributed by atoms with E-state index < -0.39 is 24.2 Å². The standard InChI is InChI=1S/C12H15F3N2O2/c1-2-3-7-17(8-12(13,14)15)11(19)9-5-4-6-10(18)16-9/h4-6H,2-3,7-8H2,1H3,(H,16,18). The first-order chi connectivity index (χ1) is 8.83. The summed E-state index contributed by atoms with van der Waals surface area (Å²) >= 11 is 0. The van der Waals surface area contributed by atoms with Crippen molar-refractivity contribution in [1.29, 1.82) is 0 Å². The number of hydrogen-bond acceptors (Lipinski definition) is 2. The maximum Gasteiger partial charge on any atom is 0.406 e. The van der Waals surface area contributed by atoms with E-state index in [-0.39, 0.29) is 12.2 Å². The van der Waals surface area contributed by atoms with Crippen LogP contribution in [0.15, 0.2) is 23.0 Å². The number of unbranched alkanes of at least 4 members (excludes halogenated alkanes) is 1. The molecule has 1 aromatic heterocycles. The molecule has 0 atom stereocenters. The lowest BCUT2D eigenvalue weighted by atomic mass is 10.2. The Balaban J connectivity index is 2.90. The molecule has 7 heteroatoms. The monoisotopic (exact) mass is 276 g/mol. The molecule has 1 heterocycles. The van der Waals surface area contributed by atoms with Gasteiger partial charge in [-0.05, 0) is 12.5 Å². The van der Waals surface area contributed by atoms with Gasteiger partial charge in [-0.15, -0.1) is 0 Å². The van der Waals surface area contributed by atoms with Gasteiger partial charge in [0.2, 0.25) is 5.56 Å². The van der Waals surface area contributed by atoms with E-state index in [1.165, 1.54) is 18.2 Å². The van der Waals surface area contributed by atoms with Gasteiger partial charge in [0, 0.05) is 12.6 Å². The highest BCUT2D eigenvalue weighted by Gasteiger charge is 2.33. The Bertz CT molecular complexity index is 482. The zero-order chi connectivity index (χ0) is 14.5. The van der Waals surface area contributed by atoms with Crippen LogP contribution in [0.25, 0.3) is 0 Å². The van der Waals surface area contributed by atoms with Crippen molar-refractivity contribution in [3.63, 3.8) is 0 Å². The first kappa shape index (κ1) is 15.3. The van der Waals surface area contributed by atoms with E-state index in [9.17, 15) is 22.8 Å². The number of nitrogens with zero attached hydrogens (tertiary/aromatic N) is 1. The first-order valence-corrected chi connectivity index (χ1v) is 5.89. The first-order valence-electron chi connectivity index (χ1n) is 5.89. The molecule has 19 heavy (non-hydrogen) atoms. The van der Waals surface area contributed by atoms with Crippen LogP contribution in [0.4, 0.5) is 13.2 Å². The van der Waals surface area contributed by atoms with Crippen LogP contribution in [0, 0.1) is 0 Å². The Morgan fingerprint density at radius 3 is 2.58 bits per heavy atom. The van der Waals surface area contributed by atoms with Gasteiger partial charge in [-0.25, -0.2) is 0 Å². The predicted octanol–water partition coefficient (Wildman–Crippen LogP) is 2.18. The molecular formula is C12H15F3N2O2. The molecule has 0 aromatic carbocycles. The van der Waals surface area contributed by atoms with E-state index >= 15 is 0 Å². The molecule has 1 N–H and O–H groups in total. The molecule has 0 aliphatic rings. The number of alkyl halides is 3. The number of nitrogens with one attached hydrogen (secondary N) is 1. The lowest BCUT2D eigenvalue weighted by Crippen LogP contribution is -2.40. The van der Waals surface area contributed by atoms with Crippen molar-refractivity contribution < 1.29 is 18.0 Å². The summed E-state index contributed by atoms with van der Waals surface area (Å²) in [5.41, 5.74) is -0.652. The number of carbonyl (C=O) groups excluding carboxylic acids is 1. The van der Waals surface area contributed by atoms with Crippen molar-refractivity contribution >= 4 is 5.91 Å². The molecule has 4 nitrogen and oxygen atoms in total. The summed E-state index contributed by atoms with van der Waals surface area (Å²) in [4.78, 5) is 25.9. The molecule has 0 radical (unpaired) electrons.